The maximum atomic E-state index is 6.98. The fraction of sp³-hybridized carbons (Fsp3) is 0.417. The fourth-order valence-corrected chi connectivity index (χ4v) is 1.62. The van der Waals surface area contributed by atoms with Crippen LogP contribution in [0.1, 0.15) is 29.7 Å². The highest BCUT2D eigenvalue weighted by molar-refractivity contribution is 5.44. The molecule has 1 aromatic rings. The monoisotopic (exact) mass is 189 g/mol. The largest absolute Gasteiger partial charge is 0.496 e. The number of hydrogen-bond acceptors (Lipinski definition) is 1. The van der Waals surface area contributed by atoms with Gasteiger partial charge < -0.3 is 9.58 Å². The summed E-state index contributed by atoms with van der Waals surface area (Å²) in [6, 6.07) is 3.97. The first-order valence-corrected chi connectivity index (χ1v) is 4.61. The molecule has 0 spiro atoms. The molecule has 0 aromatic heterocycles. The van der Waals surface area contributed by atoms with Crippen molar-refractivity contribution in [2.24, 2.45) is 0 Å². The summed E-state index contributed by atoms with van der Waals surface area (Å²) < 4.78 is 5.27. The number of ether oxygens (including phenoxy) is 1. The smallest absolute Gasteiger partial charge is 0.246 e. The number of benzene rings is 1. The fourth-order valence-electron chi connectivity index (χ4n) is 1.62. The van der Waals surface area contributed by atoms with Crippen LogP contribution in [0.4, 0.5) is 0 Å². The van der Waals surface area contributed by atoms with E-state index in [1.54, 1.807) is 7.11 Å². The minimum absolute atomic E-state index is 0.0710. The van der Waals surface area contributed by atoms with Gasteiger partial charge in [0.1, 0.15) is 5.75 Å². The van der Waals surface area contributed by atoms with Crippen LogP contribution < -0.4 is 4.74 Å². The highest BCUT2D eigenvalue weighted by Crippen LogP contribution is 2.28. The van der Waals surface area contributed by atoms with Gasteiger partial charge in [0, 0.05) is 12.5 Å². The van der Waals surface area contributed by atoms with E-state index in [1.807, 2.05) is 32.9 Å². The lowest BCUT2D eigenvalue weighted by molar-refractivity contribution is 0.408. The molecule has 0 aliphatic heterocycles. The summed E-state index contributed by atoms with van der Waals surface area (Å²) in [6.45, 7) is 12.9. The lowest BCUT2D eigenvalue weighted by Crippen LogP contribution is -1.95. The first kappa shape index (κ1) is 10.6. The summed E-state index contributed by atoms with van der Waals surface area (Å²) in [7, 11) is 1.67. The zero-order valence-electron chi connectivity index (χ0n) is 9.09. The third-order valence-electron chi connectivity index (χ3n) is 2.36. The van der Waals surface area contributed by atoms with E-state index in [0.717, 1.165) is 22.4 Å². The summed E-state index contributed by atoms with van der Waals surface area (Å²) >= 11 is 0. The molecule has 0 bridgehead atoms. The van der Waals surface area contributed by atoms with Crippen molar-refractivity contribution >= 4 is 0 Å². The summed E-state index contributed by atoms with van der Waals surface area (Å²) in [6.07, 6.45) is 0. The van der Waals surface area contributed by atoms with Crippen LogP contribution in [0.3, 0.4) is 0 Å². The molecule has 74 valence electrons. The first-order valence-electron chi connectivity index (χ1n) is 4.61. The van der Waals surface area contributed by atoms with Crippen LogP contribution in [0.2, 0.25) is 0 Å². The lowest BCUT2D eigenvalue weighted by atomic mass is 10.0. The number of nitrogens with zero attached hydrogens (tertiary/aromatic N) is 1. The van der Waals surface area contributed by atoms with Gasteiger partial charge in [-0.3, -0.25) is 0 Å². The van der Waals surface area contributed by atoms with E-state index in [2.05, 4.69) is 4.85 Å². The average molecular weight is 189 g/mol. The molecule has 0 radical (unpaired) electrons. The van der Waals surface area contributed by atoms with E-state index in [0.29, 0.717) is 0 Å². The van der Waals surface area contributed by atoms with E-state index in [9.17, 15) is 0 Å². The molecule has 0 N–H and O–H groups in total. The molecule has 0 fully saturated rings. The molecule has 1 rings (SSSR count). The molecule has 0 heterocycles. The van der Waals surface area contributed by atoms with Gasteiger partial charge in [-0.05, 0) is 37.1 Å². The molecule has 1 atom stereocenters. The van der Waals surface area contributed by atoms with Crippen LogP contribution >= 0.6 is 0 Å². The molecular formula is C12H15NO. The zero-order valence-corrected chi connectivity index (χ0v) is 9.09. The van der Waals surface area contributed by atoms with Crippen molar-refractivity contribution in [2.45, 2.75) is 26.8 Å². The Balaban J connectivity index is 3.22. The Bertz CT molecular complexity index is 353. The number of methoxy groups -OCH3 is 1. The molecular weight excluding hydrogens is 174 g/mol. The summed E-state index contributed by atoms with van der Waals surface area (Å²) in [5.41, 5.74) is 3.26. The van der Waals surface area contributed by atoms with Crippen LogP contribution in [0.25, 0.3) is 4.85 Å². The number of rotatable bonds is 2. The minimum atomic E-state index is -0.0710. The predicted molar refractivity (Wildman–Crippen MR) is 57.5 cm³/mol. The van der Waals surface area contributed by atoms with Crippen molar-refractivity contribution in [1.82, 2.24) is 0 Å². The molecule has 0 aliphatic rings. The average Bonchev–Trinajstić information content (AvgIpc) is 2.16. The Morgan fingerprint density at radius 1 is 1.29 bits per heavy atom. The number of hydrogen-bond donors (Lipinski definition) is 0. The molecule has 1 aromatic carbocycles. The highest BCUT2D eigenvalue weighted by Gasteiger charge is 2.12. The topological polar surface area (TPSA) is 13.6 Å². The van der Waals surface area contributed by atoms with Crippen LogP contribution in [0.5, 0.6) is 5.75 Å². The second kappa shape index (κ2) is 4.15. The van der Waals surface area contributed by atoms with Crippen LogP contribution in [0, 0.1) is 20.4 Å². The molecule has 2 nitrogen and oxygen atoms in total. The van der Waals surface area contributed by atoms with Crippen LogP contribution in [0.15, 0.2) is 12.1 Å². The van der Waals surface area contributed by atoms with E-state index < -0.39 is 0 Å². The summed E-state index contributed by atoms with van der Waals surface area (Å²) in [5, 5.41) is 0. The van der Waals surface area contributed by atoms with Gasteiger partial charge in [0.2, 0.25) is 6.04 Å². The second-order valence-electron chi connectivity index (χ2n) is 3.49. The maximum Gasteiger partial charge on any atom is 0.246 e. The Hall–Kier alpha value is -1.49. The molecule has 0 saturated carbocycles. The van der Waals surface area contributed by atoms with Gasteiger partial charge in [-0.1, -0.05) is 0 Å². The second-order valence-corrected chi connectivity index (χ2v) is 3.49. The van der Waals surface area contributed by atoms with Gasteiger partial charge in [-0.2, -0.15) is 0 Å². The Labute approximate surface area is 85.3 Å². The number of aryl methyl sites for hydroxylation is 2. The third-order valence-corrected chi connectivity index (χ3v) is 2.36. The predicted octanol–water partition coefficient (Wildman–Crippen LogP) is 3.29. The van der Waals surface area contributed by atoms with Crippen molar-refractivity contribution in [3.8, 4) is 5.75 Å². The third kappa shape index (κ3) is 1.88. The molecule has 0 amide bonds. The van der Waals surface area contributed by atoms with E-state index in [4.69, 9.17) is 11.3 Å². The molecule has 1 unspecified atom stereocenters. The Morgan fingerprint density at radius 2 is 1.79 bits per heavy atom. The lowest BCUT2D eigenvalue weighted by Gasteiger charge is -2.10. The standard InChI is InChI=1S/C12H15NO/c1-8-6-11(10(3)13-4)7-9(2)12(8)14-5/h6-7,10H,1-3,5H3. The van der Waals surface area contributed by atoms with Gasteiger partial charge in [-0.15, -0.1) is 0 Å². The van der Waals surface area contributed by atoms with Gasteiger partial charge >= 0.3 is 0 Å². The first-order chi connectivity index (χ1) is 6.60. The SMILES string of the molecule is [C-]#[N+]C(C)c1cc(C)c(OC)c(C)c1. The maximum absolute atomic E-state index is 6.98. The Kier molecular flexibility index (Phi) is 3.14. The normalized spacial score (nSPS) is 11.9. The molecule has 2 heteroatoms. The van der Waals surface area contributed by atoms with Crippen molar-refractivity contribution < 1.29 is 4.74 Å². The molecule has 14 heavy (non-hydrogen) atoms. The quantitative estimate of drug-likeness (QED) is 0.651. The highest BCUT2D eigenvalue weighted by atomic mass is 16.5. The van der Waals surface area contributed by atoms with Crippen molar-refractivity contribution in [1.29, 1.82) is 0 Å². The zero-order chi connectivity index (χ0) is 10.7. The van der Waals surface area contributed by atoms with E-state index in [1.165, 1.54) is 0 Å². The van der Waals surface area contributed by atoms with Gasteiger partial charge in [0.05, 0.1) is 7.11 Å². The summed E-state index contributed by atoms with van der Waals surface area (Å²) in [5.74, 6) is 0.922. The van der Waals surface area contributed by atoms with Crippen LogP contribution in [-0.4, -0.2) is 7.11 Å². The van der Waals surface area contributed by atoms with E-state index in [-0.39, 0.29) is 6.04 Å². The van der Waals surface area contributed by atoms with Crippen molar-refractivity contribution in [2.75, 3.05) is 7.11 Å². The van der Waals surface area contributed by atoms with Gasteiger partial charge in [-0.25, -0.2) is 6.57 Å². The summed E-state index contributed by atoms with van der Waals surface area (Å²) in [4.78, 5) is 3.51. The van der Waals surface area contributed by atoms with Crippen molar-refractivity contribution in [3.05, 3.63) is 40.2 Å². The molecule has 0 aliphatic carbocycles. The van der Waals surface area contributed by atoms with Crippen LogP contribution in [-0.2, 0) is 0 Å². The minimum Gasteiger partial charge on any atom is -0.496 e. The van der Waals surface area contributed by atoms with Gasteiger partial charge in [0.25, 0.3) is 0 Å². The Morgan fingerprint density at radius 3 is 2.14 bits per heavy atom. The van der Waals surface area contributed by atoms with Gasteiger partial charge in [0.15, 0.2) is 0 Å². The van der Waals surface area contributed by atoms with Crippen molar-refractivity contribution in [3.63, 3.8) is 0 Å². The molecule has 0 saturated heterocycles. The van der Waals surface area contributed by atoms with E-state index >= 15 is 0 Å².